The molecule has 7 heteroatoms. The lowest BCUT2D eigenvalue weighted by molar-refractivity contribution is -0.190. The molecule has 0 saturated heterocycles. The summed E-state index contributed by atoms with van der Waals surface area (Å²) in [6.07, 6.45) is -4.37. The van der Waals surface area contributed by atoms with Crippen LogP contribution < -0.4 is 10.2 Å². The van der Waals surface area contributed by atoms with Gasteiger partial charge in [0.15, 0.2) is 13.2 Å². The van der Waals surface area contributed by atoms with E-state index in [2.05, 4.69) is 10.3 Å². The third-order valence-corrected chi connectivity index (χ3v) is 1.87. The molecule has 0 aliphatic carbocycles. The summed E-state index contributed by atoms with van der Waals surface area (Å²) in [5.74, 6) is 0.433. The number of alkyl halides is 3. The maximum absolute atomic E-state index is 11.8. The highest BCUT2D eigenvalue weighted by atomic mass is 19.4. The Morgan fingerprint density at radius 2 is 2.00 bits per heavy atom. The highest BCUT2D eigenvalue weighted by molar-refractivity contribution is 5.33. The molecule has 1 aromatic rings. The second-order valence-electron chi connectivity index (χ2n) is 3.28. The monoisotopic (exact) mass is 260 g/mol. The number of hydrogen-bond donors (Lipinski definition) is 1. The van der Waals surface area contributed by atoms with Gasteiger partial charge in [0, 0.05) is 12.1 Å². The fraction of sp³-hybridized carbons (Fsp3) is 0.364. The van der Waals surface area contributed by atoms with E-state index in [-0.39, 0.29) is 13.2 Å². The Morgan fingerprint density at radius 1 is 1.28 bits per heavy atom. The van der Waals surface area contributed by atoms with Gasteiger partial charge in [-0.3, -0.25) is 4.84 Å². The van der Waals surface area contributed by atoms with Crippen LogP contribution in [0.5, 0.6) is 5.75 Å². The molecule has 0 spiro atoms. The first-order valence-corrected chi connectivity index (χ1v) is 5.02. The number of nitrogens with zero attached hydrogens (tertiary/aromatic N) is 1. The van der Waals surface area contributed by atoms with E-state index in [1.807, 2.05) is 6.07 Å². The van der Waals surface area contributed by atoms with Gasteiger partial charge >= 0.3 is 6.18 Å². The summed E-state index contributed by atoms with van der Waals surface area (Å²) >= 11 is 0. The number of para-hydroxylation sites is 1. The van der Waals surface area contributed by atoms with Gasteiger partial charge in [0.2, 0.25) is 0 Å². The van der Waals surface area contributed by atoms with Crippen molar-refractivity contribution in [1.82, 2.24) is 5.48 Å². The quantitative estimate of drug-likeness (QED) is 0.629. The number of hydroxylamine groups is 1. The first-order valence-electron chi connectivity index (χ1n) is 5.02. The molecule has 1 aromatic carbocycles. The molecule has 0 radical (unpaired) electrons. The Bertz CT molecular complexity index is 415. The normalized spacial score (nSPS) is 11.0. The maximum Gasteiger partial charge on any atom is 0.413 e. The highest BCUT2D eigenvalue weighted by Crippen LogP contribution is 2.18. The minimum absolute atomic E-state index is 0.0533. The molecule has 18 heavy (non-hydrogen) atoms. The van der Waals surface area contributed by atoms with Crippen molar-refractivity contribution in [3.8, 4) is 11.8 Å². The molecule has 0 atom stereocenters. The van der Waals surface area contributed by atoms with Crippen molar-refractivity contribution in [2.24, 2.45) is 0 Å². The first kappa shape index (κ1) is 14.3. The summed E-state index contributed by atoms with van der Waals surface area (Å²) in [6.45, 7) is -1.44. The molecule has 0 fully saturated rings. The summed E-state index contributed by atoms with van der Waals surface area (Å²) in [6, 6.07) is 8.50. The van der Waals surface area contributed by atoms with Gasteiger partial charge < -0.3 is 4.74 Å². The smallest absolute Gasteiger partial charge is 0.413 e. The second-order valence-corrected chi connectivity index (χ2v) is 3.28. The Kier molecular flexibility index (Phi) is 5.42. The summed E-state index contributed by atoms with van der Waals surface area (Å²) in [5, 5.41) is 8.38. The van der Waals surface area contributed by atoms with Crippen LogP contribution in [0.4, 0.5) is 13.2 Å². The lowest BCUT2D eigenvalue weighted by Crippen LogP contribution is -2.24. The van der Waals surface area contributed by atoms with Crippen molar-refractivity contribution < 1.29 is 22.7 Å². The van der Waals surface area contributed by atoms with Crippen LogP contribution in [0, 0.1) is 11.3 Å². The van der Waals surface area contributed by atoms with E-state index in [1.54, 1.807) is 24.3 Å². The molecule has 98 valence electrons. The number of nitriles is 1. The number of hydrogen-bond acceptors (Lipinski definition) is 4. The van der Waals surface area contributed by atoms with Crippen LogP contribution >= 0.6 is 0 Å². The third-order valence-electron chi connectivity index (χ3n) is 1.87. The van der Waals surface area contributed by atoms with Crippen molar-refractivity contribution in [3.05, 3.63) is 29.8 Å². The molecule has 0 heterocycles. The van der Waals surface area contributed by atoms with E-state index < -0.39 is 12.8 Å². The van der Waals surface area contributed by atoms with Crippen LogP contribution in [-0.2, 0) is 11.4 Å². The molecule has 0 bridgehead atoms. The summed E-state index contributed by atoms with van der Waals surface area (Å²) < 4.78 is 40.5. The highest BCUT2D eigenvalue weighted by Gasteiger charge is 2.27. The van der Waals surface area contributed by atoms with Gasteiger partial charge in [-0.2, -0.15) is 23.9 Å². The van der Waals surface area contributed by atoms with E-state index >= 15 is 0 Å². The van der Waals surface area contributed by atoms with Gasteiger partial charge in [-0.05, 0) is 6.07 Å². The largest absolute Gasteiger partial charge is 0.478 e. The molecule has 0 aliphatic rings. The average molecular weight is 260 g/mol. The molecule has 1 N–H and O–H groups in total. The Labute approximate surface area is 102 Å². The lowest BCUT2D eigenvalue weighted by atomic mass is 10.2. The third kappa shape index (κ3) is 5.52. The van der Waals surface area contributed by atoms with Crippen LogP contribution in [0.3, 0.4) is 0 Å². The average Bonchev–Trinajstić information content (AvgIpc) is 2.32. The number of benzene rings is 1. The summed E-state index contributed by atoms with van der Waals surface area (Å²) in [4.78, 5) is 4.27. The second kappa shape index (κ2) is 6.83. The fourth-order valence-corrected chi connectivity index (χ4v) is 1.16. The van der Waals surface area contributed by atoms with Crippen molar-refractivity contribution in [2.45, 2.75) is 12.7 Å². The summed E-state index contributed by atoms with van der Waals surface area (Å²) in [7, 11) is 0. The van der Waals surface area contributed by atoms with E-state index in [1.165, 1.54) is 0 Å². The van der Waals surface area contributed by atoms with Gasteiger partial charge in [-0.15, -0.1) is 0 Å². The molecular formula is C11H11F3N2O2. The van der Waals surface area contributed by atoms with Crippen LogP contribution in [0.1, 0.15) is 5.56 Å². The maximum atomic E-state index is 11.8. The number of halogens is 3. The van der Waals surface area contributed by atoms with Gasteiger partial charge in [0.05, 0.1) is 0 Å². The van der Waals surface area contributed by atoms with E-state index in [9.17, 15) is 13.2 Å². The lowest BCUT2D eigenvalue weighted by Gasteiger charge is -2.11. The zero-order valence-corrected chi connectivity index (χ0v) is 9.33. The topological polar surface area (TPSA) is 54.3 Å². The predicted octanol–water partition coefficient (Wildman–Crippen LogP) is 2.17. The molecular weight excluding hydrogens is 249 g/mol. The van der Waals surface area contributed by atoms with Crippen LogP contribution in [0.25, 0.3) is 0 Å². The Balaban J connectivity index is 2.44. The van der Waals surface area contributed by atoms with Crippen molar-refractivity contribution in [3.63, 3.8) is 0 Å². The minimum atomic E-state index is -4.37. The Hall–Kier alpha value is -1.78. The zero-order chi connectivity index (χ0) is 13.4. The van der Waals surface area contributed by atoms with Crippen LogP contribution in [0.2, 0.25) is 0 Å². The van der Waals surface area contributed by atoms with E-state index in [4.69, 9.17) is 10.00 Å². The van der Waals surface area contributed by atoms with Gasteiger partial charge in [-0.25, -0.2) is 0 Å². The van der Waals surface area contributed by atoms with Gasteiger partial charge in [-0.1, -0.05) is 18.2 Å². The van der Waals surface area contributed by atoms with E-state index in [0.717, 1.165) is 0 Å². The SMILES string of the molecule is N#CCOc1ccccc1CNOCC(F)(F)F. The van der Waals surface area contributed by atoms with Crippen molar-refractivity contribution >= 4 is 0 Å². The Morgan fingerprint density at radius 3 is 2.67 bits per heavy atom. The van der Waals surface area contributed by atoms with Gasteiger partial charge in [0.25, 0.3) is 0 Å². The molecule has 0 unspecified atom stereocenters. The van der Waals surface area contributed by atoms with Crippen molar-refractivity contribution in [1.29, 1.82) is 5.26 Å². The molecule has 1 rings (SSSR count). The van der Waals surface area contributed by atoms with Crippen molar-refractivity contribution in [2.75, 3.05) is 13.2 Å². The standard InChI is InChI=1S/C11H11F3N2O2/c12-11(13,14)8-18-16-7-9-3-1-2-4-10(9)17-6-5-15/h1-4,16H,6-8H2. The molecule has 0 aromatic heterocycles. The van der Waals surface area contributed by atoms with E-state index in [0.29, 0.717) is 11.3 Å². The zero-order valence-electron chi connectivity index (χ0n) is 9.33. The number of ether oxygens (including phenoxy) is 1. The van der Waals surface area contributed by atoms with Gasteiger partial charge in [0.1, 0.15) is 11.8 Å². The minimum Gasteiger partial charge on any atom is -0.478 e. The van der Waals surface area contributed by atoms with Crippen LogP contribution in [-0.4, -0.2) is 19.4 Å². The number of nitrogens with one attached hydrogen (secondary N) is 1. The fourth-order valence-electron chi connectivity index (χ4n) is 1.16. The number of rotatable bonds is 6. The molecule has 0 amide bonds. The predicted molar refractivity (Wildman–Crippen MR) is 56.4 cm³/mol. The van der Waals surface area contributed by atoms with Crippen LogP contribution in [0.15, 0.2) is 24.3 Å². The molecule has 0 aliphatic heterocycles. The molecule has 0 saturated carbocycles. The summed E-state index contributed by atoms with van der Waals surface area (Å²) in [5.41, 5.74) is 2.80. The first-order chi connectivity index (χ1) is 8.53. The molecule has 4 nitrogen and oxygen atoms in total.